The maximum Gasteiger partial charge on any atom is 0.475 e. The molecule has 57 heavy (non-hydrogen) atoms. The molecule has 0 spiro atoms. The zero-order valence-corrected chi connectivity index (χ0v) is 37.2. The molecule has 0 aliphatic carbocycles. The summed E-state index contributed by atoms with van der Waals surface area (Å²) in [5.41, 5.74) is 6.91. The highest BCUT2D eigenvalue weighted by atomic mass is 31.2. The van der Waals surface area contributed by atoms with E-state index in [1.54, 1.807) is 24.3 Å². The molecule has 3 heterocycles. The van der Waals surface area contributed by atoms with Crippen LogP contribution in [0.4, 0.5) is 5.82 Å². The number of benzene rings is 2. The molecule has 5 rings (SSSR count). The molecular formula is C36H55N5O12P2Si2. The Hall–Kier alpha value is -2.72. The summed E-state index contributed by atoms with van der Waals surface area (Å²) < 4.78 is 73.3. The highest BCUT2D eigenvalue weighted by molar-refractivity contribution is 7.48. The van der Waals surface area contributed by atoms with Crippen molar-refractivity contribution in [2.45, 2.75) is 115 Å². The second-order valence-electron chi connectivity index (χ2n) is 15.2. The minimum atomic E-state index is -5.06. The van der Waals surface area contributed by atoms with Crippen LogP contribution >= 0.6 is 15.6 Å². The van der Waals surface area contributed by atoms with Gasteiger partial charge in [0.25, 0.3) is 0 Å². The molecule has 0 bridgehead atoms. The van der Waals surface area contributed by atoms with Crippen molar-refractivity contribution < 1.29 is 55.1 Å². The molecule has 2 aromatic heterocycles. The minimum absolute atomic E-state index is 0.0810. The van der Waals surface area contributed by atoms with Crippen LogP contribution in [0.5, 0.6) is 0 Å². The van der Waals surface area contributed by atoms with E-state index in [0.717, 1.165) is 0 Å². The minimum Gasteiger partial charge on any atom is -0.414 e. The van der Waals surface area contributed by atoms with Crippen LogP contribution in [0.1, 0.15) is 72.7 Å². The fourth-order valence-electron chi connectivity index (χ4n) is 6.82. The summed E-state index contributed by atoms with van der Waals surface area (Å²) in [6.07, 6.45) is -2.71. The first-order valence-corrected chi connectivity index (χ1v) is 25.8. The second kappa shape index (κ2) is 18.7. The molecule has 0 unspecified atom stereocenters. The predicted octanol–water partition coefficient (Wildman–Crippen LogP) is 7.26. The Balaban J connectivity index is 1.68. The SMILES string of the molecule is CC(C)[Si](O)(O[Si](O[C@H]1[C@@H](OP(=O)(OCc2ccccc2)OCc2ccccc2)[C@H](n2cnc3c(N)ncnc32)O[C@@H]1COP(=O)(O)O)(C(C)C)C(C)C)C(C)C. The van der Waals surface area contributed by atoms with E-state index in [1.165, 1.54) is 17.2 Å². The molecule has 1 saturated heterocycles. The number of hydrogen-bond acceptors (Lipinski definition) is 14. The molecule has 314 valence electrons. The summed E-state index contributed by atoms with van der Waals surface area (Å²) in [6, 6.07) is 18.1. The Kier molecular flexibility index (Phi) is 14.9. The van der Waals surface area contributed by atoms with E-state index in [-0.39, 0.29) is 52.4 Å². The highest BCUT2D eigenvalue weighted by Gasteiger charge is 2.60. The zero-order valence-electron chi connectivity index (χ0n) is 33.4. The van der Waals surface area contributed by atoms with Crippen LogP contribution in [-0.2, 0) is 53.7 Å². The molecule has 1 aliphatic heterocycles. The highest BCUT2D eigenvalue weighted by Crippen LogP contribution is 2.56. The number of nitrogen functional groups attached to an aromatic ring is 1. The second-order valence-corrected chi connectivity index (χ2v) is 26.7. The summed E-state index contributed by atoms with van der Waals surface area (Å²) in [6.45, 7) is 14.4. The van der Waals surface area contributed by atoms with Crippen LogP contribution in [0.2, 0.25) is 22.2 Å². The van der Waals surface area contributed by atoms with Crippen molar-refractivity contribution in [3.05, 3.63) is 84.4 Å². The van der Waals surface area contributed by atoms with Gasteiger partial charge in [0.15, 0.2) is 17.7 Å². The van der Waals surface area contributed by atoms with Crippen molar-refractivity contribution in [3.8, 4) is 0 Å². The molecule has 1 fully saturated rings. The molecule has 0 amide bonds. The lowest BCUT2D eigenvalue weighted by molar-refractivity contribution is -0.0522. The number of phosphoric ester groups is 2. The van der Waals surface area contributed by atoms with Gasteiger partial charge in [0.2, 0.25) is 0 Å². The number of fused-ring (bicyclic) bond motifs is 1. The lowest BCUT2D eigenvalue weighted by Crippen LogP contribution is -2.62. The number of phosphoric acid groups is 2. The van der Waals surface area contributed by atoms with E-state index >= 15 is 4.57 Å². The number of hydrogen-bond donors (Lipinski definition) is 4. The predicted molar refractivity (Wildman–Crippen MR) is 217 cm³/mol. The van der Waals surface area contributed by atoms with Gasteiger partial charge in [-0.15, -0.1) is 0 Å². The van der Waals surface area contributed by atoms with E-state index in [1.807, 2.05) is 91.8 Å². The lowest BCUT2D eigenvalue weighted by atomic mass is 10.1. The first-order chi connectivity index (χ1) is 26.8. The number of anilines is 1. The summed E-state index contributed by atoms with van der Waals surface area (Å²) in [5.74, 6) is 0.0810. The van der Waals surface area contributed by atoms with Gasteiger partial charge in [-0.2, -0.15) is 0 Å². The van der Waals surface area contributed by atoms with Crippen molar-refractivity contribution in [1.82, 2.24) is 19.5 Å². The van der Waals surface area contributed by atoms with Gasteiger partial charge < -0.3 is 33.6 Å². The number of nitrogens with zero attached hydrogens (tertiary/aromatic N) is 4. The van der Waals surface area contributed by atoms with Crippen LogP contribution in [-0.4, -0.2) is 76.1 Å². The molecule has 0 saturated carbocycles. The van der Waals surface area contributed by atoms with Crippen LogP contribution in [0.3, 0.4) is 0 Å². The van der Waals surface area contributed by atoms with Crippen molar-refractivity contribution in [2.24, 2.45) is 0 Å². The molecule has 1 aliphatic rings. The maximum absolute atomic E-state index is 15.1. The van der Waals surface area contributed by atoms with Crippen LogP contribution in [0.15, 0.2) is 73.3 Å². The molecule has 21 heteroatoms. The van der Waals surface area contributed by atoms with Gasteiger partial charge in [-0.05, 0) is 33.3 Å². The standard InChI is InChI=1S/C36H55N5O12P2Si2/c1-24(2)56(46,25(3)4)53-57(26(5)6,27(7)8)52-32-30(21-47-54(42,43)44)50-36(41-23-40-31-34(37)38-22-39-35(31)41)33(32)51-55(45,48-19-28-15-11-9-12-16-28)49-20-29-17-13-10-14-18-29/h9-18,22-27,30,32-33,36,46H,19-21H2,1-8H3,(H2,37,38,39)(H2,42,43,44)/t30-,32-,33-,36-/m1/s1. The van der Waals surface area contributed by atoms with Crippen LogP contribution < -0.4 is 5.73 Å². The first kappa shape index (κ1) is 45.4. The third-order valence-corrected chi connectivity index (χ3v) is 21.6. The van der Waals surface area contributed by atoms with Crippen molar-refractivity contribution in [3.63, 3.8) is 0 Å². The van der Waals surface area contributed by atoms with Gasteiger partial charge in [0, 0.05) is 0 Å². The van der Waals surface area contributed by atoms with E-state index in [4.69, 9.17) is 37.1 Å². The van der Waals surface area contributed by atoms with Gasteiger partial charge in [-0.1, -0.05) is 116 Å². The molecular weight excluding hydrogens is 813 g/mol. The Morgan fingerprint density at radius 1 is 0.789 bits per heavy atom. The Morgan fingerprint density at radius 2 is 1.33 bits per heavy atom. The third-order valence-electron chi connectivity index (χ3n) is 9.98. The fraction of sp³-hybridized carbons (Fsp3) is 0.528. The number of rotatable bonds is 20. The number of imidazole rings is 1. The molecule has 17 nitrogen and oxygen atoms in total. The lowest BCUT2D eigenvalue weighted by Gasteiger charge is -2.47. The van der Waals surface area contributed by atoms with E-state index in [2.05, 4.69) is 15.0 Å². The Morgan fingerprint density at radius 3 is 1.82 bits per heavy atom. The Labute approximate surface area is 335 Å². The average molecular weight is 868 g/mol. The van der Waals surface area contributed by atoms with E-state index < -0.39 is 63.9 Å². The van der Waals surface area contributed by atoms with E-state index in [9.17, 15) is 19.1 Å². The Bertz CT molecular complexity index is 1940. The van der Waals surface area contributed by atoms with Crippen molar-refractivity contribution >= 4 is 49.7 Å². The molecule has 4 aromatic rings. The average Bonchev–Trinajstić information content (AvgIpc) is 3.73. The number of nitrogens with two attached hydrogens (primary N) is 1. The largest absolute Gasteiger partial charge is 0.475 e. The number of ether oxygens (including phenoxy) is 1. The van der Waals surface area contributed by atoms with Gasteiger partial charge in [-0.3, -0.25) is 22.7 Å². The maximum atomic E-state index is 15.1. The number of aromatic nitrogens is 4. The van der Waals surface area contributed by atoms with Crippen molar-refractivity contribution in [1.29, 1.82) is 0 Å². The summed E-state index contributed by atoms with van der Waals surface area (Å²) >= 11 is 0. The molecule has 5 N–H and O–H groups in total. The fourth-order valence-corrected chi connectivity index (χ4v) is 18.4. The summed E-state index contributed by atoms with van der Waals surface area (Å²) in [4.78, 5) is 44.8. The first-order valence-electron chi connectivity index (χ1n) is 18.8. The monoisotopic (exact) mass is 867 g/mol. The third kappa shape index (κ3) is 10.7. The van der Waals surface area contributed by atoms with Crippen LogP contribution in [0, 0.1) is 0 Å². The van der Waals surface area contributed by atoms with Gasteiger partial charge >= 0.3 is 32.8 Å². The van der Waals surface area contributed by atoms with Gasteiger partial charge in [0.05, 0.1) is 26.1 Å². The normalized spacial score (nSPS) is 19.8. The van der Waals surface area contributed by atoms with Gasteiger partial charge in [-0.25, -0.2) is 24.1 Å². The molecule has 4 atom stereocenters. The van der Waals surface area contributed by atoms with Gasteiger partial charge in [0.1, 0.15) is 30.2 Å². The summed E-state index contributed by atoms with van der Waals surface area (Å²) in [7, 11) is -16.9. The topological polar surface area (TPSA) is 229 Å². The molecule has 0 radical (unpaired) electrons. The van der Waals surface area contributed by atoms with E-state index in [0.29, 0.717) is 11.1 Å². The zero-order chi connectivity index (χ0) is 41.8. The summed E-state index contributed by atoms with van der Waals surface area (Å²) in [5, 5.41) is 0. The quantitative estimate of drug-likeness (QED) is 0.0506. The van der Waals surface area contributed by atoms with Crippen LogP contribution in [0.25, 0.3) is 11.2 Å². The van der Waals surface area contributed by atoms with Crippen molar-refractivity contribution in [2.75, 3.05) is 12.3 Å². The smallest absolute Gasteiger partial charge is 0.414 e. The molecule has 2 aromatic carbocycles.